The van der Waals surface area contributed by atoms with E-state index >= 15 is 0 Å². The van der Waals surface area contributed by atoms with Crippen LogP contribution >= 0.6 is 11.6 Å². The molecule has 1 aliphatic rings. The van der Waals surface area contributed by atoms with Gasteiger partial charge in [0.1, 0.15) is 0 Å². The Morgan fingerprint density at radius 2 is 1.86 bits per heavy atom. The second kappa shape index (κ2) is 2.48. The number of benzene rings is 2. The van der Waals surface area contributed by atoms with E-state index in [9.17, 15) is 4.39 Å². The Kier molecular flexibility index (Phi) is 1.46. The fourth-order valence-corrected chi connectivity index (χ4v) is 2.51. The highest BCUT2D eigenvalue weighted by atomic mass is 35.5. The van der Waals surface area contributed by atoms with Crippen LogP contribution in [0.3, 0.4) is 0 Å². The fraction of sp³-hybridized carbons (Fsp3) is 0.167. The van der Waals surface area contributed by atoms with Gasteiger partial charge in [-0.05, 0) is 16.3 Å². The summed E-state index contributed by atoms with van der Waals surface area (Å²) in [6.07, 6.45) is 0.283. The Balaban J connectivity index is 2.50. The Morgan fingerprint density at radius 3 is 2.64 bits per heavy atom. The summed E-state index contributed by atoms with van der Waals surface area (Å²) in [5.74, 6) is 0. The molecule has 0 aromatic heterocycles. The Labute approximate surface area is 86.3 Å². The lowest BCUT2D eigenvalue weighted by atomic mass is 10.1. The van der Waals surface area contributed by atoms with Crippen molar-refractivity contribution >= 4 is 22.4 Å². The standard InChI is InChI=1S/C12H8ClF/c13-12(14)7-9-5-1-3-8-4-2-6-10(12)11(8)9/h1-6H,7H2. The molecule has 2 heteroatoms. The van der Waals surface area contributed by atoms with Crippen LogP contribution in [0.15, 0.2) is 36.4 Å². The van der Waals surface area contributed by atoms with Gasteiger partial charge in [0.25, 0.3) is 0 Å². The highest BCUT2D eigenvalue weighted by molar-refractivity contribution is 6.25. The van der Waals surface area contributed by atoms with Crippen LogP contribution in [-0.2, 0) is 11.5 Å². The van der Waals surface area contributed by atoms with Gasteiger partial charge in [-0.25, -0.2) is 4.39 Å². The van der Waals surface area contributed by atoms with Crippen LogP contribution in [0, 0.1) is 0 Å². The molecule has 0 nitrogen and oxygen atoms in total. The lowest BCUT2D eigenvalue weighted by molar-refractivity contribution is 0.293. The summed E-state index contributed by atoms with van der Waals surface area (Å²) in [4.78, 5) is 0. The molecule has 0 heterocycles. The molecule has 0 saturated heterocycles. The maximum Gasteiger partial charge on any atom is 0.213 e. The summed E-state index contributed by atoms with van der Waals surface area (Å²) < 4.78 is 13.9. The van der Waals surface area contributed by atoms with Crippen molar-refractivity contribution in [3.8, 4) is 0 Å². The molecule has 0 fully saturated rings. The van der Waals surface area contributed by atoms with E-state index in [1.807, 2.05) is 30.3 Å². The molecule has 1 aliphatic carbocycles. The van der Waals surface area contributed by atoms with Crippen LogP contribution in [0.25, 0.3) is 10.8 Å². The number of halogens is 2. The molecule has 14 heavy (non-hydrogen) atoms. The molecule has 70 valence electrons. The van der Waals surface area contributed by atoms with Gasteiger partial charge in [-0.3, -0.25) is 0 Å². The van der Waals surface area contributed by atoms with Gasteiger partial charge in [-0.15, -0.1) is 0 Å². The largest absolute Gasteiger partial charge is 0.221 e. The van der Waals surface area contributed by atoms with Crippen molar-refractivity contribution in [2.75, 3.05) is 0 Å². The van der Waals surface area contributed by atoms with Crippen molar-refractivity contribution in [1.29, 1.82) is 0 Å². The fourth-order valence-electron chi connectivity index (χ4n) is 2.21. The molecule has 0 amide bonds. The average molecular weight is 207 g/mol. The van der Waals surface area contributed by atoms with Crippen LogP contribution in [0.1, 0.15) is 11.1 Å². The van der Waals surface area contributed by atoms with E-state index in [1.165, 1.54) is 0 Å². The minimum absolute atomic E-state index is 0.283. The van der Waals surface area contributed by atoms with Crippen LogP contribution in [0.4, 0.5) is 4.39 Å². The van der Waals surface area contributed by atoms with Crippen molar-refractivity contribution in [1.82, 2.24) is 0 Å². The third-order valence-corrected chi connectivity index (χ3v) is 3.13. The molecule has 0 radical (unpaired) electrons. The molecule has 0 saturated carbocycles. The number of rotatable bonds is 0. The maximum atomic E-state index is 13.9. The first-order valence-electron chi connectivity index (χ1n) is 4.57. The Bertz CT molecular complexity index is 511. The molecule has 0 aliphatic heterocycles. The van der Waals surface area contributed by atoms with E-state index in [2.05, 4.69) is 0 Å². The van der Waals surface area contributed by atoms with Gasteiger partial charge in [0.05, 0.1) is 0 Å². The minimum Gasteiger partial charge on any atom is -0.221 e. The first-order chi connectivity index (χ1) is 6.68. The molecule has 2 aromatic carbocycles. The van der Waals surface area contributed by atoms with Gasteiger partial charge in [0.15, 0.2) is 0 Å². The molecule has 2 aromatic rings. The molecule has 1 unspecified atom stereocenters. The number of hydrogen-bond acceptors (Lipinski definition) is 0. The topological polar surface area (TPSA) is 0 Å². The molecule has 1 atom stereocenters. The summed E-state index contributed by atoms with van der Waals surface area (Å²) in [7, 11) is 0. The van der Waals surface area contributed by atoms with Crippen LogP contribution < -0.4 is 0 Å². The highest BCUT2D eigenvalue weighted by Gasteiger charge is 2.37. The van der Waals surface area contributed by atoms with E-state index in [4.69, 9.17) is 11.6 Å². The van der Waals surface area contributed by atoms with Gasteiger partial charge in [0.2, 0.25) is 5.13 Å². The van der Waals surface area contributed by atoms with Gasteiger partial charge >= 0.3 is 0 Å². The van der Waals surface area contributed by atoms with Crippen molar-refractivity contribution in [2.24, 2.45) is 0 Å². The Morgan fingerprint density at radius 1 is 1.14 bits per heavy atom. The second-order valence-corrected chi connectivity index (χ2v) is 4.30. The lowest BCUT2D eigenvalue weighted by Gasteiger charge is -2.10. The monoisotopic (exact) mass is 206 g/mol. The summed E-state index contributed by atoms with van der Waals surface area (Å²) in [6, 6.07) is 11.5. The smallest absolute Gasteiger partial charge is 0.213 e. The van der Waals surface area contributed by atoms with Crippen LogP contribution in [0.5, 0.6) is 0 Å². The first kappa shape index (κ1) is 8.25. The van der Waals surface area contributed by atoms with Gasteiger partial charge in [0, 0.05) is 12.0 Å². The zero-order chi connectivity index (χ0) is 9.76. The SMILES string of the molecule is FC1(Cl)Cc2cccc3cccc1c23. The molecule has 0 N–H and O–H groups in total. The van der Waals surface area contributed by atoms with Crippen molar-refractivity contribution in [3.63, 3.8) is 0 Å². The summed E-state index contributed by atoms with van der Waals surface area (Å²) in [5, 5.41) is 0.358. The van der Waals surface area contributed by atoms with E-state index in [0.717, 1.165) is 16.3 Å². The van der Waals surface area contributed by atoms with E-state index < -0.39 is 5.13 Å². The molecule has 3 rings (SSSR count). The number of alkyl halides is 2. The normalized spacial score (nSPS) is 24.4. The lowest BCUT2D eigenvalue weighted by Crippen LogP contribution is -2.08. The van der Waals surface area contributed by atoms with E-state index in [-0.39, 0.29) is 6.42 Å². The van der Waals surface area contributed by atoms with E-state index in [1.54, 1.807) is 6.07 Å². The third kappa shape index (κ3) is 0.934. The molecule has 0 bridgehead atoms. The van der Waals surface area contributed by atoms with Crippen molar-refractivity contribution in [3.05, 3.63) is 47.5 Å². The first-order valence-corrected chi connectivity index (χ1v) is 4.95. The summed E-state index contributed by atoms with van der Waals surface area (Å²) in [6.45, 7) is 0. The average Bonchev–Trinajstić information content (AvgIpc) is 2.41. The summed E-state index contributed by atoms with van der Waals surface area (Å²) in [5.41, 5.74) is 1.63. The second-order valence-electron chi connectivity index (χ2n) is 3.70. The zero-order valence-corrected chi connectivity index (χ0v) is 8.18. The zero-order valence-electron chi connectivity index (χ0n) is 7.43. The quantitative estimate of drug-likeness (QED) is 0.576. The summed E-state index contributed by atoms with van der Waals surface area (Å²) >= 11 is 5.84. The highest BCUT2D eigenvalue weighted by Crippen LogP contribution is 2.46. The third-order valence-electron chi connectivity index (χ3n) is 2.80. The maximum absolute atomic E-state index is 13.9. The predicted octanol–water partition coefficient (Wildman–Crippen LogP) is 3.76. The predicted molar refractivity (Wildman–Crippen MR) is 56.3 cm³/mol. The molecule has 0 spiro atoms. The van der Waals surface area contributed by atoms with Gasteiger partial charge < -0.3 is 0 Å². The Hall–Kier alpha value is -1.08. The molecular weight excluding hydrogens is 199 g/mol. The van der Waals surface area contributed by atoms with E-state index in [0.29, 0.717) is 5.56 Å². The van der Waals surface area contributed by atoms with Crippen LogP contribution in [-0.4, -0.2) is 0 Å². The van der Waals surface area contributed by atoms with Gasteiger partial charge in [-0.2, -0.15) is 0 Å². The molecular formula is C12H8ClF. The van der Waals surface area contributed by atoms with Crippen LogP contribution in [0.2, 0.25) is 0 Å². The van der Waals surface area contributed by atoms with Crippen molar-refractivity contribution < 1.29 is 4.39 Å². The number of hydrogen-bond donors (Lipinski definition) is 0. The van der Waals surface area contributed by atoms with Gasteiger partial charge in [-0.1, -0.05) is 48.0 Å². The minimum atomic E-state index is -1.71. The van der Waals surface area contributed by atoms with Crippen molar-refractivity contribution in [2.45, 2.75) is 11.5 Å².